The lowest BCUT2D eigenvalue weighted by atomic mass is 9.86. The molecule has 3 rings (SSSR count). The number of benzene rings is 1. The van der Waals surface area contributed by atoms with E-state index in [2.05, 4.69) is 48.6 Å². The summed E-state index contributed by atoms with van der Waals surface area (Å²) >= 11 is 0. The third kappa shape index (κ3) is 4.21. The zero-order valence-electron chi connectivity index (χ0n) is 13.8. The Bertz CT molecular complexity index is 486. The van der Waals surface area contributed by atoms with Crippen LogP contribution in [0.25, 0.3) is 6.08 Å². The van der Waals surface area contributed by atoms with Gasteiger partial charge in [0.2, 0.25) is 0 Å². The van der Waals surface area contributed by atoms with Crippen molar-refractivity contribution in [3.05, 3.63) is 41.5 Å². The molecule has 2 nitrogen and oxygen atoms in total. The fraction of sp³-hybridized carbons (Fsp3) is 0.600. The molecule has 0 amide bonds. The van der Waals surface area contributed by atoms with Crippen LogP contribution in [0, 0.1) is 11.8 Å². The van der Waals surface area contributed by atoms with Gasteiger partial charge in [-0.1, -0.05) is 48.9 Å². The quantitative estimate of drug-likeness (QED) is 0.834. The van der Waals surface area contributed by atoms with Crippen molar-refractivity contribution in [2.45, 2.75) is 57.5 Å². The van der Waals surface area contributed by atoms with Crippen molar-refractivity contribution in [3.63, 3.8) is 0 Å². The van der Waals surface area contributed by atoms with Gasteiger partial charge in [0.05, 0.1) is 0 Å². The fourth-order valence-corrected chi connectivity index (χ4v) is 3.78. The lowest BCUT2D eigenvalue weighted by Crippen LogP contribution is -2.32. The number of nitrogens with one attached hydrogen (secondary N) is 1. The van der Waals surface area contributed by atoms with Crippen LogP contribution < -0.4 is 11.1 Å². The van der Waals surface area contributed by atoms with E-state index in [1.165, 1.54) is 44.2 Å². The summed E-state index contributed by atoms with van der Waals surface area (Å²) in [7, 11) is 0. The van der Waals surface area contributed by atoms with Crippen molar-refractivity contribution in [2.24, 2.45) is 17.6 Å². The average Bonchev–Trinajstić information content (AvgIpc) is 3.32. The minimum absolute atomic E-state index is 0.463. The van der Waals surface area contributed by atoms with Crippen LogP contribution in [-0.4, -0.2) is 18.6 Å². The molecule has 0 heterocycles. The van der Waals surface area contributed by atoms with Gasteiger partial charge in [-0.15, -0.1) is 0 Å². The molecule has 0 spiro atoms. The van der Waals surface area contributed by atoms with Gasteiger partial charge in [-0.25, -0.2) is 0 Å². The molecule has 2 heteroatoms. The molecule has 2 aliphatic carbocycles. The number of nitrogens with two attached hydrogens (primary N) is 1. The van der Waals surface area contributed by atoms with Crippen molar-refractivity contribution in [1.29, 1.82) is 0 Å². The van der Waals surface area contributed by atoms with Gasteiger partial charge in [-0.3, -0.25) is 0 Å². The predicted octanol–water partition coefficient (Wildman–Crippen LogP) is 3.98. The SMILES string of the molecule is CC/C(=C\c1ccccc1)C1CC1NCC1CCC(N)CC1. The van der Waals surface area contributed by atoms with E-state index in [1.54, 1.807) is 5.57 Å². The van der Waals surface area contributed by atoms with Crippen LogP contribution in [0.3, 0.4) is 0 Å². The molecule has 2 unspecified atom stereocenters. The highest BCUT2D eigenvalue weighted by atomic mass is 15.0. The predicted molar refractivity (Wildman–Crippen MR) is 94.5 cm³/mol. The molecule has 0 bridgehead atoms. The topological polar surface area (TPSA) is 38.0 Å². The molecule has 1 aromatic rings. The van der Waals surface area contributed by atoms with Crippen LogP contribution in [0.5, 0.6) is 0 Å². The largest absolute Gasteiger partial charge is 0.328 e. The van der Waals surface area contributed by atoms with E-state index < -0.39 is 0 Å². The standard InChI is InChI=1S/C20H30N2/c1-2-17(12-15-6-4-3-5-7-15)19-13-20(19)22-14-16-8-10-18(21)11-9-16/h3-7,12,16,18-20,22H,2,8-11,13-14,21H2,1H3/b17-12+. The maximum atomic E-state index is 5.99. The van der Waals surface area contributed by atoms with E-state index in [-0.39, 0.29) is 0 Å². The Labute approximate surface area is 135 Å². The molecule has 22 heavy (non-hydrogen) atoms. The van der Waals surface area contributed by atoms with Crippen LogP contribution in [0.2, 0.25) is 0 Å². The van der Waals surface area contributed by atoms with Crippen LogP contribution in [-0.2, 0) is 0 Å². The van der Waals surface area contributed by atoms with E-state index in [1.807, 2.05) is 0 Å². The maximum Gasteiger partial charge on any atom is 0.0140 e. The Morgan fingerprint density at radius 3 is 2.59 bits per heavy atom. The van der Waals surface area contributed by atoms with Crippen LogP contribution in [0.15, 0.2) is 35.9 Å². The highest BCUT2D eigenvalue weighted by molar-refractivity contribution is 5.54. The molecule has 120 valence electrons. The second kappa shape index (κ2) is 7.43. The van der Waals surface area contributed by atoms with Gasteiger partial charge in [-0.2, -0.15) is 0 Å². The second-order valence-electron chi connectivity index (χ2n) is 7.12. The third-order valence-corrected chi connectivity index (χ3v) is 5.39. The van der Waals surface area contributed by atoms with Gasteiger partial charge in [0.15, 0.2) is 0 Å². The number of hydrogen-bond donors (Lipinski definition) is 2. The van der Waals surface area contributed by atoms with E-state index >= 15 is 0 Å². The Morgan fingerprint density at radius 2 is 1.91 bits per heavy atom. The van der Waals surface area contributed by atoms with Crippen LogP contribution in [0.1, 0.15) is 51.0 Å². The minimum Gasteiger partial charge on any atom is -0.328 e. The minimum atomic E-state index is 0.463. The summed E-state index contributed by atoms with van der Waals surface area (Å²) in [5, 5.41) is 3.81. The summed E-state index contributed by atoms with van der Waals surface area (Å²) in [6.45, 7) is 3.48. The van der Waals surface area contributed by atoms with Crippen molar-refractivity contribution < 1.29 is 0 Å². The normalized spacial score (nSPS) is 32.0. The smallest absolute Gasteiger partial charge is 0.0140 e. The Kier molecular flexibility index (Phi) is 5.32. The van der Waals surface area contributed by atoms with Crippen LogP contribution in [0.4, 0.5) is 0 Å². The molecular formula is C20H30N2. The van der Waals surface area contributed by atoms with Gasteiger partial charge in [0.25, 0.3) is 0 Å². The molecule has 0 radical (unpaired) electrons. The summed E-state index contributed by atoms with van der Waals surface area (Å²) in [6, 6.07) is 11.9. The summed E-state index contributed by atoms with van der Waals surface area (Å²) in [6.07, 6.45) is 9.93. The fourth-order valence-electron chi connectivity index (χ4n) is 3.78. The monoisotopic (exact) mass is 298 g/mol. The van der Waals surface area contributed by atoms with E-state index in [4.69, 9.17) is 5.73 Å². The van der Waals surface area contributed by atoms with Crippen molar-refractivity contribution in [3.8, 4) is 0 Å². The molecule has 2 atom stereocenters. The number of rotatable bonds is 6. The zero-order chi connectivity index (χ0) is 15.4. The Balaban J connectivity index is 1.47. The molecule has 0 saturated heterocycles. The van der Waals surface area contributed by atoms with Crippen molar-refractivity contribution in [2.75, 3.05) is 6.54 Å². The Hall–Kier alpha value is -1.12. The highest BCUT2D eigenvalue weighted by Crippen LogP contribution is 2.40. The van der Waals surface area contributed by atoms with Crippen LogP contribution >= 0.6 is 0 Å². The first-order chi connectivity index (χ1) is 10.8. The first-order valence-corrected chi connectivity index (χ1v) is 9.00. The maximum absolute atomic E-state index is 5.99. The second-order valence-corrected chi connectivity index (χ2v) is 7.12. The van der Waals surface area contributed by atoms with Gasteiger partial charge >= 0.3 is 0 Å². The summed E-state index contributed by atoms with van der Waals surface area (Å²) in [4.78, 5) is 0. The van der Waals surface area contributed by atoms with Gasteiger partial charge in [0.1, 0.15) is 0 Å². The molecule has 2 fully saturated rings. The molecule has 0 aromatic heterocycles. The summed E-state index contributed by atoms with van der Waals surface area (Å²) < 4.78 is 0. The van der Waals surface area contributed by atoms with E-state index in [9.17, 15) is 0 Å². The molecule has 2 aliphatic rings. The first kappa shape index (κ1) is 15.8. The van der Waals surface area contributed by atoms with E-state index in [0.717, 1.165) is 18.3 Å². The zero-order valence-corrected chi connectivity index (χ0v) is 13.8. The average molecular weight is 298 g/mol. The molecule has 0 aliphatic heterocycles. The lowest BCUT2D eigenvalue weighted by Gasteiger charge is -2.26. The van der Waals surface area contributed by atoms with Gasteiger partial charge in [-0.05, 0) is 62.5 Å². The summed E-state index contributed by atoms with van der Waals surface area (Å²) in [5.41, 5.74) is 8.94. The molecule has 1 aromatic carbocycles. The first-order valence-electron chi connectivity index (χ1n) is 9.00. The molecule has 3 N–H and O–H groups in total. The highest BCUT2D eigenvalue weighted by Gasteiger charge is 2.39. The summed E-state index contributed by atoms with van der Waals surface area (Å²) in [5.74, 6) is 1.61. The number of hydrogen-bond acceptors (Lipinski definition) is 2. The third-order valence-electron chi connectivity index (χ3n) is 5.39. The van der Waals surface area contributed by atoms with Crippen molar-refractivity contribution >= 4 is 6.08 Å². The van der Waals surface area contributed by atoms with Gasteiger partial charge in [0, 0.05) is 12.1 Å². The van der Waals surface area contributed by atoms with Gasteiger partial charge < -0.3 is 11.1 Å². The molecule has 2 saturated carbocycles. The van der Waals surface area contributed by atoms with Crippen molar-refractivity contribution in [1.82, 2.24) is 5.32 Å². The van der Waals surface area contributed by atoms with E-state index in [0.29, 0.717) is 12.1 Å². The lowest BCUT2D eigenvalue weighted by molar-refractivity contribution is 0.313. The molecular weight excluding hydrogens is 268 g/mol. The Morgan fingerprint density at radius 1 is 1.18 bits per heavy atom.